The molecule has 1 amide bonds. The second-order valence-corrected chi connectivity index (χ2v) is 5.88. The number of rotatable bonds is 2. The van der Waals surface area contributed by atoms with Crippen LogP contribution < -0.4 is 0 Å². The summed E-state index contributed by atoms with van der Waals surface area (Å²) in [5, 5.41) is 9.71. The number of hydrogen-bond acceptors (Lipinski definition) is 2. The van der Waals surface area contributed by atoms with Crippen molar-refractivity contribution in [3.63, 3.8) is 0 Å². The van der Waals surface area contributed by atoms with E-state index in [1.807, 2.05) is 0 Å². The number of piperidine rings is 1. The Morgan fingerprint density at radius 3 is 2.25 bits per heavy atom. The lowest BCUT2D eigenvalue weighted by Gasteiger charge is -2.38. The van der Waals surface area contributed by atoms with Crippen LogP contribution in [0.2, 0.25) is 0 Å². The second-order valence-electron chi connectivity index (χ2n) is 5.88. The first-order chi connectivity index (χ1) is 7.66. The van der Waals surface area contributed by atoms with Crippen LogP contribution in [0.15, 0.2) is 0 Å². The third-order valence-corrected chi connectivity index (χ3v) is 4.68. The van der Waals surface area contributed by atoms with Crippen LogP contribution in [-0.4, -0.2) is 34.1 Å². The van der Waals surface area contributed by atoms with Crippen molar-refractivity contribution < 1.29 is 9.90 Å². The van der Waals surface area contributed by atoms with Gasteiger partial charge in [-0.05, 0) is 44.4 Å². The third kappa shape index (κ3) is 1.65. The second kappa shape index (κ2) is 3.73. The van der Waals surface area contributed by atoms with Crippen molar-refractivity contribution in [1.82, 2.24) is 4.90 Å². The van der Waals surface area contributed by atoms with Crippen LogP contribution in [0.4, 0.5) is 0 Å². The number of aliphatic hydroxyl groups is 1. The van der Waals surface area contributed by atoms with Gasteiger partial charge in [0.15, 0.2) is 0 Å². The first-order valence-corrected chi connectivity index (χ1v) is 6.67. The molecule has 2 bridgehead atoms. The molecule has 0 aromatic heterocycles. The maximum atomic E-state index is 12.4. The smallest absolute Gasteiger partial charge is 0.226 e. The van der Waals surface area contributed by atoms with E-state index in [9.17, 15) is 9.90 Å². The fraction of sp³-hybridized carbons (Fsp3) is 0.923. The van der Waals surface area contributed by atoms with Crippen molar-refractivity contribution >= 4 is 5.91 Å². The van der Waals surface area contributed by atoms with Crippen molar-refractivity contribution in [2.45, 2.75) is 63.6 Å². The molecule has 0 radical (unpaired) electrons. The molecule has 2 saturated heterocycles. The molecular formula is C13H21NO2. The lowest BCUT2D eigenvalue weighted by atomic mass is 9.96. The highest BCUT2D eigenvalue weighted by Crippen LogP contribution is 2.42. The Bertz CT molecular complexity index is 286. The molecule has 1 aliphatic carbocycles. The summed E-state index contributed by atoms with van der Waals surface area (Å²) >= 11 is 0. The summed E-state index contributed by atoms with van der Waals surface area (Å²) in [6, 6.07) is 0.671. The van der Waals surface area contributed by atoms with Gasteiger partial charge in [0.1, 0.15) is 0 Å². The minimum Gasteiger partial charge on any atom is -0.393 e. The molecule has 3 aliphatic rings. The molecule has 3 heteroatoms. The van der Waals surface area contributed by atoms with Crippen LogP contribution in [-0.2, 0) is 4.79 Å². The normalized spacial score (nSPS) is 39.9. The SMILES string of the molecule is CC(C(=O)N1C2CCC1CC(O)C2)C1CC1. The molecule has 2 heterocycles. The van der Waals surface area contributed by atoms with Crippen LogP contribution in [0.25, 0.3) is 0 Å². The quantitative estimate of drug-likeness (QED) is 0.771. The van der Waals surface area contributed by atoms with Gasteiger partial charge in [-0.3, -0.25) is 4.79 Å². The average Bonchev–Trinajstić information content (AvgIpc) is 3.04. The van der Waals surface area contributed by atoms with Gasteiger partial charge in [0, 0.05) is 18.0 Å². The molecule has 3 nitrogen and oxygen atoms in total. The van der Waals surface area contributed by atoms with Crippen LogP contribution in [0.3, 0.4) is 0 Å². The van der Waals surface area contributed by atoms with E-state index in [2.05, 4.69) is 11.8 Å². The highest BCUT2D eigenvalue weighted by Gasteiger charge is 2.45. The molecule has 3 rings (SSSR count). The topological polar surface area (TPSA) is 40.5 Å². The average molecular weight is 223 g/mol. The monoisotopic (exact) mass is 223 g/mol. The molecule has 0 aromatic rings. The minimum absolute atomic E-state index is 0.169. The van der Waals surface area contributed by atoms with E-state index >= 15 is 0 Å². The Morgan fingerprint density at radius 2 is 1.75 bits per heavy atom. The maximum absolute atomic E-state index is 12.4. The molecule has 90 valence electrons. The van der Waals surface area contributed by atoms with Gasteiger partial charge >= 0.3 is 0 Å². The number of amides is 1. The van der Waals surface area contributed by atoms with E-state index < -0.39 is 0 Å². The van der Waals surface area contributed by atoms with Crippen molar-refractivity contribution in [2.24, 2.45) is 11.8 Å². The fourth-order valence-electron chi connectivity index (χ4n) is 3.54. The predicted molar refractivity (Wildman–Crippen MR) is 60.8 cm³/mol. The molecule has 1 N–H and O–H groups in total. The van der Waals surface area contributed by atoms with E-state index in [1.54, 1.807) is 0 Å². The van der Waals surface area contributed by atoms with Gasteiger partial charge < -0.3 is 10.0 Å². The number of hydrogen-bond donors (Lipinski definition) is 1. The predicted octanol–water partition coefficient (Wildman–Crippen LogP) is 1.55. The van der Waals surface area contributed by atoms with Gasteiger partial charge in [-0.2, -0.15) is 0 Å². The number of carbonyl (C=O) groups excluding carboxylic acids is 1. The zero-order valence-electron chi connectivity index (χ0n) is 9.93. The van der Waals surface area contributed by atoms with Gasteiger partial charge in [0.25, 0.3) is 0 Å². The molecule has 3 unspecified atom stereocenters. The van der Waals surface area contributed by atoms with E-state index in [1.165, 1.54) is 12.8 Å². The van der Waals surface area contributed by atoms with Crippen molar-refractivity contribution in [3.05, 3.63) is 0 Å². The van der Waals surface area contributed by atoms with E-state index in [0.29, 0.717) is 23.9 Å². The lowest BCUT2D eigenvalue weighted by molar-refractivity contribution is -0.142. The summed E-state index contributed by atoms with van der Waals surface area (Å²) in [6.45, 7) is 2.09. The molecule has 16 heavy (non-hydrogen) atoms. The Morgan fingerprint density at radius 1 is 1.19 bits per heavy atom. The number of carbonyl (C=O) groups is 1. The number of fused-ring (bicyclic) bond motifs is 2. The van der Waals surface area contributed by atoms with Crippen molar-refractivity contribution in [1.29, 1.82) is 0 Å². The highest BCUT2D eigenvalue weighted by molar-refractivity contribution is 5.80. The van der Waals surface area contributed by atoms with Crippen LogP contribution in [0, 0.1) is 11.8 Å². The number of nitrogens with zero attached hydrogens (tertiary/aromatic N) is 1. The van der Waals surface area contributed by atoms with Gasteiger partial charge in [0.05, 0.1) is 6.10 Å². The van der Waals surface area contributed by atoms with Crippen molar-refractivity contribution in [2.75, 3.05) is 0 Å². The zero-order chi connectivity index (χ0) is 11.3. The fourth-order valence-corrected chi connectivity index (χ4v) is 3.54. The summed E-state index contributed by atoms with van der Waals surface area (Å²) in [6.07, 6.45) is 6.12. The summed E-state index contributed by atoms with van der Waals surface area (Å²) in [7, 11) is 0. The molecule has 2 aliphatic heterocycles. The Balaban J connectivity index is 1.72. The minimum atomic E-state index is -0.169. The summed E-state index contributed by atoms with van der Waals surface area (Å²) < 4.78 is 0. The van der Waals surface area contributed by atoms with Gasteiger partial charge in [0.2, 0.25) is 5.91 Å². The largest absolute Gasteiger partial charge is 0.393 e. The maximum Gasteiger partial charge on any atom is 0.226 e. The van der Waals surface area contributed by atoms with Gasteiger partial charge in [-0.25, -0.2) is 0 Å². The molecule has 0 aromatic carbocycles. The summed E-state index contributed by atoms with van der Waals surface area (Å²) in [5.41, 5.74) is 0. The Hall–Kier alpha value is -0.570. The van der Waals surface area contributed by atoms with E-state index in [0.717, 1.165) is 25.7 Å². The molecule has 0 spiro atoms. The third-order valence-electron chi connectivity index (χ3n) is 4.68. The molecular weight excluding hydrogens is 202 g/mol. The summed E-state index contributed by atoms with van der Waals surface area (Å²) in [5.74, 6) is 1.24. The van der Waals surface area contributed by atoms with Crippen LogP contribution >= 0.6 is 0 Å². The van der Waals surface area contributed by atoms with Crippen LogP contribution in [0.5, 0.6) is 0 Å². The zero-order valence-corrected chi connectivity index (χ0v) is 9.93. The Labute approximate surface area is 96.8 Å². The van der Waals surface area contributed by atoms with Crippen LogP contribution in [0.1, 0.15) is 45.4 Å². The first kappa shape index (κ1) is 10.6. The molecule has 1 saturated carbocycles. The molecule has 3 atom stereocenters. The Kier molecular flexibility index (Phi) is 2.46. The highest BCUT2D eigenvalue weighted by atomic mass is 16.3. The van der Waals surface area contributed by atoms with Gasteiger partial charge in [-0.1, -0.05) is 6.92 Å². The molecule has 3 fully saturated rings. The van der Waals surface area contributed by atoms with Gasteiger partial charge in [-0.15, -0.1) is 0 Å². The standard InChI is InChI=1S/C13H21NO2/c1-8(9-2-3-9)13(16)14-10-4-5-11(14)7-12(15)6-10/h8-12,15H,2-7H2,1H3. The van der Waals surface area contributed by atoms with E-state index in [-0.39, 0.29) is 12.0 Å². The lowest BCUT2D eigenvalue weighted by Crippen LogP contribution is -2.50. The summed E-state index contributed by atoms with van der Waals surface area (Å²) in [4.78, 5) is 14.5. The van der Waals surface area contributed by atoms with Crippen molar-refractivity contribution in [3.8, 4) is 0 Å². The number of aliphatic hydroxyl groups excluding tert-OH is 1. The first-order valence-electron chi connectivity index (χ1n) is 6.67. The van der Waals surface area contributed by atoms with E-state index in [4.69, 9.17) is 0 Å².